The Balaban J connectivity index is 1.65. The molecule has 34 heavy (non-hydrogen) atoms. The summed E-state index contributed by atoms with van der Waals surface area (Å²) in [7, 11) is 1.46. The highest BCUT2D eigenvalue weighted by molar-refractivity contribution is 6.42. The maximum Gasteiger partial charge on any atom is 0.246 e. The van der Waals surface area contributed by atoms with E-state index in [4.69, 9.17) is 32.7 Å². The maximum atomic E-state index is 14.8. The van der Waals surface area contributed by atoms with Crippen molar-refractivity contribution in [2.75, 3.05) is 25.5 Å². The zero-order valence-corrected chi connectivity index (χ0v) is 19.5. The van der Waals surface area contributed by atoms with Gasteiger partial charge in [-0.1, -0.05) is 29.8 Å². The number of benzene rings is 2. The molecule has 178 valence electrons. The number of hydrogen-bond donors (Lipinski definition) is 1. The van der Waals surface area contributed by atoms with E-state index in [1.54, 1.807) is 12.1 Å². The first-order valence-corrected chi connectivity index (χ1v) is 11.0. The maximum absolute atomic E-state index is 14.8. The molecule has 2 aromatic carbocycles. The summed E-state index contributed by atoms with van der Waals surface area (Å²) in [6.07, 6.45) is 0.546. The van der Waals surface area contributed by atoms with Crippen LogP contribution in [0.15, 0.2) is 43.2 Å². The molecular formula is C23H20Cl2F2N4O3. The van der Waals surface area contributed by atoms with Crippen LogP contribution >= 0.6 is 23.2 Å². The lowest BCUT2D eigenvalue weighted by molar-refractivity contribution is -0.129. The number of nitrogens with one attached hydrogen (secondary N) is 1. The number of alkyl halides is 1. The van der Waals surface area contributed by atoms with Crippen LogP contribution in [-0.4, -0.2) is 53.2 Å². The number of nitrogens with zero attached hydrogens (tertiary/aromatic N) is 3. The fourth-order valence-electron chi connectivity index (χ4n) is 3.67. The minimum absolute atomic E-state index is 0.0655. The molecule has 0 radical (unpaired) electrons. The molecule has 1 unspecified atom stereocenters. The quantitative estimate of drug-likeness (QED) is 0.358. The molecule has 2 atom stereocenters. The van der Waals surface area contributed by atoms with Crippen LogP contribution in [0, 0.1) is 5.82 Å². The minimum Gasteiger partial charge on any atom is -0.493 e. The molecular weight excluding hydrogens is 489 g/mol. The first kappa shape index (κ1) is 24.0. The highest BCUT2D eigenvalue weighted by Gasteiger charge is 2.33. The van der Waals surface area contributed by atoms with Gasteiger partial charge in [0, 0.05) is 24.4 Å². The van der Waals surface area contributed by atoms with Crippen molar-refractivity contribution in [3.63, 3.8) is 0 Å². The average molecular weight is 509 g/mol. The molecule has 1 amide bonds. The van der Waals surface area contributed by atoms with E-state index < -0.39 is 18.1 Å². The van der Waals surface area contributed by atoms with Crippen LogP contribution in [0.3, 0.4) is 0 Å². The lowest BCUT2D eigenvalue weighted by Crippen LogP contribution is -2.48. The summed E-state index contributed by atoms with van der Waals surface area (Å²) in [6, 6.07) is 6.11. The van der Waals surface area contributed by atoms with Gasteiger partial charge < -0.3 is 19.7 Å². The SMILES string of the molecule is C=CC(=O)N1CC[C@H](Oc2cc3c(Nc4ccc(Cl)c(Cl)c4F)ncnc3cc2OC)C(F)C1. The van der Waals surface area contributed by atoms with Gasteiger partial charge in [0.2, 0.25) is 5.91 Å². The Kier molecular flexibility index (Phi) is 7.04. The number of methoxy groups -OCH3 is 1. The molecule has 2 heterocycles. The van der Waals surface area contributed by atoms with Gasteiger partial charge in [0.15, 0.2) is 23.5 Å². The Bertz CT molecular complexity index is 1260. The standard InChI is InChI=1S/C23H20Cl2F2N4O3/c1-3-20(32)31-7-6-17(14(26)10-31)34-19-8-12-16(9-18(19)33-2)28-11-29-23(12)30-15-5-4-13(24)21(25)22(15)27/h3-5,8-9,11,14,17H,1,6-7,10H2,2H3,(H,28,29,30)/t14?,17-/m0/s1. The van der Waals surface area contributed by atoms with Crippen LogP contribution in [0.2, 0.25) is 10.0 Å². The van der Waals surface area contributed by atoms with Crippen molar-refractivity contribution in [3.05, 3.63) is 59.1 Å². The smallest absolute Gasteiger partial charge is 0.246 e. The predicted octanol–water partition coefficient (Wildman–Crippen LogP) is 5.33. The van der Waals surface area contributed by atoms with Crippen molar-refractivity contribution in [2.24, 2.45) is 0 Å². The molecule has 1 N–H and O–H groups in total. The summed E-state index contributed by atoms with van der Waals surface area (Å²) >= 11 is 11.8. The number of hydrogen-bond acceptors (Lipinski definition) is 6. The second-order valence-corrected chi connectivity index (χ2v) is 8.32. The van der Waals surface area contributed by atoms with Gasteiger partial charge in [-0.15, -0.1) is 0 Å². The zero-order valence-electron chi connectivity index (χ0n) is 18.0. The van der Waals surface area contributed by atoms with Crippen LogP contribution in [0.1, 0.15) is 6.42 Å². The number of halogens is 4. The third-order valence-corrected chi connectivity index (χ3v) is 6.24. The zero-order chi connectivity index (χ0) is 24.4. The Morgan fingerprint density at radius 1 is 1.29 bits per heavy atom. The first-order chi connectivity index (χ1) is 16.3. The Morgan fingerprint density at radius 3 is 2.79 bits per heavy atom. The van der Waals surface area contributed by atoms with E-state index in [0.29, 0.717) is 23.2 Å². The fraction of sp³-hybridized carbons (Fsp3) is 0.261. The Labute approximate surface area is 204 Å². The number of carbonyl (C=O) groups excluding carboxylic acids is 1. The first-order valence-electron chi connectivity index (χ1n) is 10.3. The molecule has 0 aliphatic carbocycles. The Morgan fingerprint density at radius 2 is 2.09 bits per heavy atom. The predicted molar refractivity (Wildman–Crippen MR) is 126 cm³/mol. The molecule has 1 aliphatic heterocycles. The van der Waals surface area contributed by atoms with Crippen LogP contribution in [0.5, 0.6) is 11.5 Å². The lowest BCUT2D eigenvalue weighted by Gasteiger charge is -2.34. The van der Waals surface area contributed by atoms with E-state index in [0.717, 1.165) is 6.08 Å². The highest BCUT2D eigenvalue weighted by atomic mass is 35.5. The summed E-state index contributed by atoms with van der Waals surface area (Å²) in [5, 5.41) is 3.24. The summed E-state index contributed by atoms with van der Waals surface area (Å²) in [5.74, 6) is -0.176. The highest BCUT2D eigenvalue weighted by Crippen LogP contribution is 2.37. The normalized spacial score (nSPS) is 18.0. The summed E-state index contributed by atoms with van der Waals surface area (Å²) < 4.78 is 40.8. The molecule has 0 bridgehead atoms. The summed E-state index contributed by atoms with van der Waals surface area (Å²) in [6.45, 7) is 3.67. The van der Waals surface area contributed by atoms with Crippen molar-refractivity contribution in [2.45, 2.75) is 18.7 Å². The van der Waals surface area contributed by atoms with Gasteiger partial charge in [-0.05, 0) is 24.3 Å². The fourth-order valence-corrected chi connectivity index (χ4v) is 3.98. The van der Waals surface area contributed by atoms with Crippen LogP contribution in [-0.2, 0) is 4.79 Å². The summed E-state index contributed by atoms with van der Waals surface area (Å²) in [4.78, 5) is 21.6. The number of rotatable bonds is 6. The van der Waals surface area contributed by atoms with Gasteiger partial charge in [0.1, 0.15) is 18.2 Å². The number of fused-ring (bicyclic) bond motifs is 1. The van der Waals surface area contributed by atoms with E-state index in [1.807, 2.05) is 0 Å². The molecule has 1 aliphatic rings. The third kappa shape index (κ3) is 4.71. The largest absolute Gasteiger partial charge is 0.493 e. The number of anilines is 2. The number of carbonyl (C=O) groups is 1. The molecule has 3 aromatic rings. The van der Waals surface area contributed by atoms with Crippen molar-refractivity contribution < 1.29 is 23.0 Å². The number of piperidine rings is 1. The monoisotopic (exact) mass is 508 g/mol. The molecule has 1 fully saturated rings. The second kappa shape index (κ2) is 9.99. The van der Waals surface area contributed by atoms with Crippen LogP contribution in [0.25, 0.3) is 10.9 Å². The van der Waals surface area contributed by atoms with Crippen molar-refractivity contribution in [3.8, 4) is 11.5 Å². The van der Waals surface area contributed by atoms with E-state index >= 15 is 0 Å². The van der Waals surface area contributed by atoms with Crippen molar-refractivity contribution in [1.29, 1.82) is 0 Å². The molecule has 11 heteroatoms. The van der Waals surface area contributed by atoms with Gasteiger partial charge in [-0.3, -0.25) is 4.79 Å². The number of likely N-dealkylation sites (tertiary alicyclic amines) is 1. The number of ether oxygens (including phenoxy) is 2. The molecule has 4 rings (SSSR count). The number of aromatic nitrogens is 2. The molecule has 7 nitrogen and oxygen atoms in total. The van der Waals surface area contributed by atoms with E-state index in [9.17, 15) is 13.6 Å². The van der Waals surface area contributed by atoms with E-state index in [1.165, 1.54) is 30.5 Å². The van der Waals surface area contributed by atoms with Crippen molar-refractivity contribution >= 4 is 51.5 Å². The van der Waals surface area contributed by atoms with Gasteiger partial charge in [-0.2, -0.15) is 0 Å². The topological polar surface area (TPSA) is 76.6 Å². The van der Waals surface area contributed by atoms with Crippen molar-refractivity contribution in [1.82, 2.24) is 14.9 Å². The molecule has 1 saturated heterocycles. The molecule has 1 aromatic heterocycles. The van der Waals surface area contributed by atoms with Gasteiger partial charge in [0.05, 0.1) is 34.9 Å². The van der Waals surface area contributed by atoms with Crippen LogP contribution in [0.4, 0.5) is 20.3 Å². The van der Waals surface area contributed by atoms with Gasteiger partial charge in [0.25, 0.3) is 0 Å². The lowest BCUT2D eigenvalue weighted by atomic mass is 10.1. The van der Waals surface area contributed by atoms with Gasteiger partial charge in [-0.25, -0.2) is 18.7 Å². The van der Waals surface area contributed by atoms with E-state index in [2.05, 4.69) is 21.9 Å². The minimum atomic E-state index is -1.41. The third-order valence-electron chi connectivity index (χ3n) is 5.46. The molecule has 0 saturated carbocycles. The summed E-state index contributed by atoms with van der Waals surface area (Å²) in [5.41, 5.74) is 0.557. The second-order valence-electron chi connectivity index (χ2n) is 7.54. The van der Waals surface area contributed by atoms with E-state index in [-0.39, 0.29) is 46.2 Å². The Hall–Kier alpha value is -3.17. The van der Waals surface area contributed by atoms with Gasteiger partial charge >= 0.3 is 0 Å². The molecule has 0 spiro atoms. The average Bonchev–Trinajstić information content (AvgIpc) is 2.84. The number of amides is 1. The van der Waals surface area contributed by atoms with Crippen LogP contribution < -0.4 is 14.8 Å².